The molecule has 1 aliphatic heterocycles. The molecule has 1 fully saturated rings. The van der Waals surface area contributed by atoms with Crippen LogP contribution in [-0.2, 0) is 17.9 Å². The first-order chi connectivity index (χ1) is 12.0. The van der Waals surface area contributed by atoms with E-state index in [1.807, 2.05) is 36.1 Å². The van der Waals surface area contributed by atoms with Crippen molar-refractivity contribution in [3.63, 3.8) is 0 Å². The molecule has 0 aliphatic carbocycles. The average molecular weight is 338 g/mol. The predicted octanol–water partition coefficient (Wildman–Crippen LogP) is 2.48. The number of aryl methyl sites for hydroxylation is 1. The van der Waals surface area contributed by atoms with Crippen LogP contribution >= 0.6 is 0 Å². The fourth-order valence-corrected chi connectivity index (χ4v) is 3.27. The van der Waals surface area contributed by atoms with E-state index in [1.54, 1.807) is 13.1 Å². The first-order valence-electron chi connectivity index (χ1n) is 8.45. The van der Waals surface area contributed by atoms with E-state index >= 15 is 0 Å². The van der Waals surface area contributed by atoms with Gasteiger partial charge >= 0.3 is 0 Å². The zero-order chi connectivity index (χ0) is 17.8. The highest BCUT2D eigenvalue weighted by Crippen LogP contribution is 2.20. The molecule has 3 rings (SSSR count). The summed E-state index contributed by atoms with van der Waals surface area (Å²) in [5, 5.41) is 8.87. The van der Waals surface area contributed by atoms with Crippen LogP contribution in [0.1, 0.15) is 36.1 Å². The Morgan fingerprint density at radius 2 is 2.20 bits per heavy atom. The number of likely N-dealkylation sites (tertiary alicyclic amines) is 1. The number of rotatable bonds is 5. The van der Waals surface area contributed by atoms with E-state index in [0.717, 1.165) is 31.8 Å². The van der Waals surface area contributed by atoms with Crippen LogP contribution in [0, 0.1) is 18.3 Å². The fourth-order valence-electron chi connectivity index (χ4n) is 3.27. The second kappa shape index (κ2) is 7.49. The quantitative estimate of drug-likeness (QED) is 0.837. The predicted molar refractivity (Wildman–Crippen MR) is 92.3 cm³/mol. The first-order valence-corrected chi connectivity index (χ1v) is 8.45. The van der Waals surface area contributed by atoms with Gasteiger partial charge in [-0.15, -0.1) is 0 Å². The maximum Gasteiger partial charge on any atom is 0.220 e. The molecular weight excluding hydrogens is 316 g/mol. The molecule has 2 heterocycles. The highest BCUT2D eigenvalue weighted by molar-refractivity contribution is 5.73. The second-order valence-electron chi connectivity index (χ2n) is 6.50. The Labute approximate surface area is 147 Å². The third kappa shape index (κ3) is 4.25. The Morgan fingerprint density at radius 3 is 2.80 bits per heavy atom. The molecule has 0 spiro atoms. The van der Waals surface area contributed by atoms with Crippen molar-refractivity contribution in [3.05, 3.63) is 53.2 Å². The third-order valence-corrected chi connectivity index (χ3v) is 4.56. The van der Waals surface area contributed by atoms with Gasteiger partial charge in [0.05, 0.1) is 24.4 Å². The number of benzene rings is 1. The van der Waals surface area contributed by atoms with E-state index in [9.17, 15) is 4.79 Å². The van der Waals surface area contributed by atoms with Crippen LogP contribution in [0.25, 0.3) is 0 Å². The van der Waals surface area contributed by atoms with Crippen LogP contribution in [0.5, 0.6) is 0 Å². The van der Waals surface area contributed by atoms with E-state index in [0.29, 0.717) is 18.0 Å². The average Bonchev–Trinajstić information content (AvgIpc) is 3.22. The van der Waals surface area contributed by atoms with Gasteiger partial charge in [0.25, 0.3) is 0 Å². The number of aromatic nitrogens is 1. The summed E-state index contributed by atoms with van der Waals surface area (Å²) < 4.78 is 5.52. The van der Waals surface area contributed by atoms with Gasteiger partial charge in [0.1, 0.15) is 5.76 Å². The van der Waals surface area contributed by atoms with Crippen LogP contribution in [0.3, 0.4) is 0 Å². The number of nitriles is 1. The number of oxazole rings is 1. The van der Waals surface area contributed by atoms with E-state index in [-0.39, 0.29) is 11.9 Å². The molecule has 1 aromatic carbocycles. The number of hydrogen-bond donors (Lipinski definition) is 0. The van der Waals surface area contributed by atoms with Gasteiger partial charge in [-0.1, -0.05) is 12.1 Å². The summed E-state index contributed by atoms with van der Waals surface area (Å²) in [4.78, 5) is 20.5. The van der Waals surface area contributed by atoms with Gasteiger partial charge < -0.3 is 9.32 Å². The Balaban J connectivity index is 1.61. The van der Waals surface area contributed by atoms with Crippen LogP contribution in [0.4, 0.5) is 0 Å². The maximum atomic E-state index is 12.1. The molecule has 6 nitrogen and oxygen atoms in total. The minimum Gasteiger partial charge on any atom is -0.444 e. The molecule has 2 aromatic rings. The topological polar surface area (TPSA) is 73.4 Å². The van der Waals surface area contributed by atoms with E-state index in [1.165, 1.54) is 5.56 Å². The molecule has 1 amide bonds. The largest absolute Gasteiger partial charge is 0.444 e. The van der Waals surface area contributed by atoms with Gasteiger partial charge in [0.2, 0.25) is 11.8 Å². The van der Waals surface area contributed by atoms with Crippen molar-refractivity contribution in [1.29, 1.82) is 5.26 Å². The number of hydrogen-bond acceptors (Lipinski definition) is 5. The lowest BCUT2D eigenvalue weighted by Gasteiger charge is -2.27. The second-order valence-corrected chi connectivity index (χ2v) is 6.50. The molecular formula is C19H22N4O2. The number of carbonyl (C=O) groups is 1. The molecule has 0 radical (unpaired) electrons. The molecule has 0 N–H and O–H groups in total. The summed E-state index contributed by atoms with van der Waals surface area (Å²) >= 11 is 0. The molecule has 1 atom stereocenters. The van der Waals surface area contributed by atoms with Gasteiger partial charge in [0.15, 0.2) is 0 Å². The van der Waals surface area contributed by atoms with Gasteiger partial charge in [0, 0.05) is 32.6 Å². The minimum atomic E-state index is 0.0427. The van der Waals surface area contributed by atoms with E-state index in [4.69, 9.17) is 9.68 Å². The molecule has 1 aromatic heterocycles. The maximum absolute atomic E-state index is 12.1. The summed E-state index contributed by atoms with van der Waals surface area (Å²) in [6.07, 6.45) is 2.62. The molecule has 130 valence electrons. The van der Waals surface area contributed by atoms with Crippen molar-refractivity contribution in [2.45, 2.75) is 39.4 Å². The summed E-state index contributed by atoms with van der Waals surface area (Å²) in [6.45, 7) is 6.46. The molecule has 0 bridgehead atoms. The van der Waals surface area contributed by atoms with Gasteiger partial charge in [-0.3, -0.25) is 9.69 Å². The molecule has 1 saturated heterocycles. The standard InChI is InChI=1S/C19H22N4O2/c1-14-10-21-19(25-14)13-23(15(2)24)18-7-8-22(12-18)11-17-5-3-16(9-20)4-6-17/h3-6,10,18H,7-8,11-13H2,1-2H3/t18-/m0/s1. The normalized spacial score (nSPS) is 17.4. The van der Waals surface area contributed by atoms with Gasteiger partial charge in [-0.05, 0) is 31.0 Å². The zero-order valence-electron chi connectivity index (χ0n) is 14.6. The lowest BCUT2D eigenvalue weighted by Crippen LogP contribution is -2.40. The summed E-state index contributed by atoms with van der Waals surface area (Å²) in [6, 6.07) is 9.97. The highest BCUT2D eigenvalue weighted by Gasteiger charge is 2.30. The lowest BCUT2D eigenvalue weighted by atomic mass is 10.1. The van der Waals surface area contributed by atoms with Crippen LogP contribution in [0.15, 0.2) is 34.9 Å². The molecule has 1 aliphatic rings. The summed E-state index contributed by atoms with van der Waals surface area (Å²) in [7, 11) is 0. The lowest BCUT2D eigenvalue weighted by molar-refractivity contribution is -0.132. The van der Waals surface area contributed by atoms with Crippen molar-refractivity contribution in [3.8, 4) is 6.07 Å². The van der Waals surface area contributed by atoms with Gasteiger partial charge in [-0.25, -0.2) is 4.98 Å². The van der Waals surface area contributed by atoms with Crippen molar-refractivity contribution in [2.24, 2.45) is 0 Å². The van der Waals surface area contributed by atoms with Gasteiger partial charge in [-0.2, -0.15) is 5.26 Å². The van der Waals surface area contributed by atoms with Crippen LogP contribution < -0.4 is 0 Å². The van der Waals surface area contributed by atoms with E-state index < -0.39 is 0 Å². The SMILES string of the molecule is CC(=O)N(Cc1ncc(C)o1)[C@H]1CCN(Cc2ccc(C#N)cc2)C1. The Kier molecular flexibility index (Phi) is 5.15. The Bertz CT molecular complexity index is 775. The molecule has 0 saturated carbocycles. The van der Waals surface area contributed by atoms with E-state index in [2.05, 4.69) is 16.0 Å². The van der Waals surface area contributed by atoms with Crippen LogP contribution in [0.2, 0.25) is 0 Å². The minimum absolute atomic E-state index is 0.0427. The Hall–Kier alpha value is -2.65. The summed E-state index contributed by atoms with van der Waals surface area (Å²) in [5.74, 6) is 1.38. The third-order valence-electron chi connectivity index (χ3n) is 4.56. The summed E-state index contributed by atoms with van der Waals surface area (Å²) in [5.41, 5.74) is 1.85. The highest BCUT2D eigenvalue weighted by atomic mass is 16.4. The number of amides is 1. The molecule has 6 heteroatoms. The molecule has 25 heavy (non-hydrogen) atoms. The zero-order valence-corrected chi connectivity index (χ0v) is 14.6. The van der Waals surface area contributed by atoms with Crippen LogP contribution in [-0.4, -0.2) is 39.8 Å². The first kappa shape index (κ1) is 17.2. The smallest absolute Gasteiger partial charge is 0.220 e. The van der Waals surface area contributed by atoms with Crippen molar-refractivity contribution in [2.75, 3.05) is 13.1 Å². The molecule has 0 unspecified atom stereocenters. The Morgan fingerprint density at radius 1 is 1.44 bits per heavy atom. The fraction of sp³-hybridized carbons (Fsp3) is 0.421. The van der Waals surface area contributed by atoms with Crippen molar-refractivity contribution >= 4 is 5.91 Å². The number of nitrogens with zero attached hydrogens (tertiary/aromatic N) is 4. The monoisotopic (exact) mass is 338 g/mol. The number of carbonyl (C=O) groups excluding carboxylic acids is 1. The van der Waals surface area contributed by atoms with Crippen molar-refractivity contribution in [1.82, 2.24) is 14.8 Å². The van der Waals surface area contributed by atoms with Crippen molar-refractivity contribution < 1.29 is 9.21 Å².